The van der Waals surface area contributed by atoms with Crippen molar-refractivity contribution in [3.05, 3.63) is 65.2 Å². The maximum atomic E-state index is 5.56. The van der Waals surface area contributed by atoms with Crippen molar-refractivity contribution in [2.24, 2.45) is 5.73 Å². The highest BCUT2D eigenvalue weighted by Gasteiger charge is 2.20. The van der Waals surface area contributed by atoms with Gasteiger partial charge in [-0.3, -0.25) is 0 Å². The average Bonchev–Trinajstić information content (AvgIpc) is 2.61. The van der Waals surface area contributed by atoms with Crippen LogP contribution in [0.4, 0.5) is 5.69 Å². The van der Waals surface area contributed by atoms with Crippen LogP contribution in [0.1, 0.15) is 22.7 Å². The fourth-order valence-corrected chi connectivity index (χ4v) is 2.71. The molecule has 0 aliphatic carbocycles. The molecule has 0 fully saturated rings. The standard InChI is InChI=1S/C16H19N3/c17-11-18-10-16-14-7-3-1-5-12(14)9-13-6-2-4-8-15(13)19-16/h1-8,16,18-19H,9-11,17H2. The largest absolute Gasteiger partial charge is 0.377 e. The topological polar surface area (TPSA) is 50.1 Å². The molecule has 2 aromatic rings. The molecule has 98 valence electrons. The van der Waals surface area contributed by atoms with Crippen molar-refractivity contribution in [2.75, 3.05) is 18.5 Å². The molecule has 0 saturated heterocycles. The third-order valence-electron chi connectivity index (χ3n) is 3.65. The summed E-state index contributed by atoms with van der Waals surface area (Å²) in [4.78, 5) is 0. The van der Waals surface area contributed by atoms with Gasteiger partial charge < -0.3 is 16.4 Å². The summed E-state index contributed by atoms with van der Waals surface area (Å²) in [7, 11) is 0. The Hall–Kier alpha value is -1.84. The van der Waals surface area contributed by atoms with E-state index < -0.39 is 0 Å². The molecule has 0 saturated carbocycles. The molecule has 19 heavy (non-hydrogen) atoms. The van der Waals surface area contributed by atoms with Gasteiger partial charge in [-0.25, -0.2) is 0 Å². The van der Waals surface area contributed by atoms with E-state index >= 15 is 0 Å². The quantitative estimate of drug-likeness (QED) is 0.735. The molecular formula is C16H19N3. The molecule has 1 heterocycles. The summed E-state index contributed by atoms with van der Waals surface area (Å²) in [5.41, 5.74) is 10.9. The lowest BCUT2D eigenvalue weighted by Crippen LogP contribution is -2.30. The number of anilines is 1. The van der Waals surface area contributed by atoms with Crippen LogP contribution in [0.2, 0.25) is 0 Å². The molecule has 0 spiro atoms. The number of rotatable bonds is 3. The Bertz CT molecular complexity index is 565. The van der Waals surface area contributed by atoms with E-state index in [9.17, 15) is 0 Å². The summed E-state index contributed by atoms with van der Waals surface area (Å²) >= 11 is 0. The van der Waals surface area contributed by atoms with Crippen LogP contribution in [0.25, 0.3) is 0 Å². The van der Waals surface area contributed by atoms with Crippen molar-refractivity contribution in [3.63, 3.8) is 0 Å². The Kier molecular flexibility index (Phi) is 3.49. The molecule has 1 aliphatic heterocycles. The van der Waals surface area contributed by atoms with Crippen LogP contribution in [0.15, 0.2) is 48.5 Å². The van der Waals surface area contributed by atoms with Gasteiger partial charge in [0.25, 0.3) is 0 Å². The van der Waals surface area contributed by atoms with Crippen LogP contribution in [0, 0.1) is 0 Å². The van der Waals surface area contributed by atoms with Gasteiger partial charge >= 0.3 is 0 Å². The molecule has 4 N–H and O–H groups in total. The van der Waals surface area contributed by atoms with E-state index in [-0.39, 0.29) is 6.04 Å². The van der Waals surface area contributed by atoms with Crippen LogP contribution < -0.4 is 16.4 Å². The first-order chi connectivity index (χ1) is 9.38. The molecule has 3 heteroatoms. The lowest BCUT2D eigenvalue weighted by molar-refractivity contribution is 0.634. The lowest BCUT2D eigenvalue weighted by atomic mass is 9.97. The zero-order valence-corrected chi connectivity index (χ0v) is 10.9. The second-order valence-electron chi connectivity index (χ2n) is 4.89. The first-order valence-corrected chi connectivity index (χ1v) is 6.71. The Morgan fingerprint density at radius 3 is 2.63 bits per heavy atom. The van der Waals surface area contributed by atoms with Crippen LogP contribution in [-0.4, -0.2) is 13.2 Å². The van der Waals surface area contributed by atoms with E-state index in [1.807, 2.05) is 0 Å². The Labute approximate surface area is 113 Å². The van der Waals surface area contributed by atoms with Gasteiger partial charge in [-0.2, -0.15) is 0 Å². The molecule has 1 atom stereocenters. The summed E-state index contributed by atoms with van der Waals surface area (Å²) in [5, 5.41) is 6.87. The number of nitrogens with two attached hydrogens (primary N) is 1. The van der Waals surface area contributed by atoms with Gasteiger partial charge in [-0.1, -0.05) is 42.5 Å². The molecule has 3 rings (SSSR count). The minimum Gasteiger partial charge on any atom is -0.377 e. The Morgan fingerprint density at radius 1 is 1.05 bits per heavy atom. The van der Waals surface area contributed by atoms with Gasteiger partial charge in [0.2, 0.25) is 0 Å². The highest BCUT2D eigenvalue weighted by Crippen LogP contribution is 2.31. The van der Waals surface area contributed by atoms with E-state index in [2.05, 4.69) is 59.2 Å². The first kappa shape index (κ1) is 12.2. The van der Waals surface area contributed by atoms with E-state index in [4.69, 9.17) is 5.73 Å². The number of nitrogens with one attached hydrogen (secondary N) is 2. The van der Waals surface area contributed by atoms with E-state index in [1.54, 1.807) is 0 Å². The fraction of sp³-hybridized carbons (Fsp3) is 0.250. The minimum absolute atomic E-state index is 0.267. The highest BCUT2D eigenvalue weighted by atomic mass is 15.0. The van der Waals surface area contributed by atoms with E-state index in [0.717, 1.165) is 13.0 Å². The van der Waals surface area contributed by atoms with Crippen molar-refractivity contribution < 1.29 is 0 Å². The van der Waals surface area contributed by atoms with Gasteiger partial charge in [-0.05, 0) is 29.2 Å². The van der Waals surface area contributed by atoms with E-state index in [1.165, 1.54) is 22.4 Å². The third-order valence-corrected chi connectivity index (χ3v) is 3.65. The molecule has 0 bridgehead atoms. The molecule has 0 radical (unpaired) electrons. The van der Waals surface area contributed by atoms with Crippen LogP contribution >= 0.6 is 0 Å². The summed E-state index contributed by atoms with van der Waals surface area (Å²) in [6, 6.07) is 17.4. The zero-order chi connectivity index (χ0) is 13.1. The molecule has 0 amide bonds. The smallest absolute Gasteiger partial charge is 0.0641 e. The lowest BCUT2D eigenvalue weighted by Gasteiger charge is -2.20. The van der Waals surface area contributed by atoms with E-state index in [0.29, 0.717) is 6.67 Å². The minimum atomic E-state index is 0.267. The first-order valence-electron chi connectivity index (χ1n) is 6.71. The normalized spacial score (nSPS) is 17.0. The number of hydrogen-bond acceptors (Lipinski definition) is 3. The van der Waals surface area contributed by atoms with Crippen molar-refractivity contribution in [2.45, 2.75) is 12.5 Å². The van der Waals surface area contributed by atoms with Crippen LogP contribution in [0.3, 0.4) is 0 Å². The van der Waals surface area contributed by atoms with Gasteiger partial charge in [0.15, 0.2) is 0 Å². The molecular weight excluding hydrogens is 234 g/mol. The van der Waals surface area contributed by atoms with Crippen LogP contribution in [0.5, 0.6) is 0 Å². The summed E-state index contributed by atoms with van der Waals surface area (Å²) in [5.74, 6) is 0. The summed E-state index contributed by atoms with van der Waals surface area (Å²) in [6.45, 7) is 1.34. The van der Waals surface area contributed by atoms with Gasteiger partial charge in [0, 0.05) is 18.9 Å². The zero-order valence-electron chi connectivity index (χ0n) is 10.9. The predicted molar refractivity (Wildman–Crippen MR) is 79.1 cm³/mol. The van der Waals surface area contributed by atoms with Crippen molar-refractivity contribution in [1.29, 1.82) is 0 Å². The monoisotopic (exact) mass is 253 g/mol. The summed E-state index contributed by atoms with van der Waals surface area (Å²) in [6.07, 6.45) is 0.985. The number of para-hydroxylation sites is 1. The molecule has 0 aromatic heterocycles. The number of benzene rings is 2. The van der Waals surface area contributed by atoms with Crippen LogP contribution in [-0.2, 0) is 6.42 Å². The van der Waals surface area contributed by atoms with Gasteiger partial charge in [-0.15, -0.1) is 0 Å². The molecule has 1 unspecified atom stereocenters. The van der Waals surface area contributed by atoms with Gasteiger partial charge in [0.05, 0.1) is 6.04 Å². The Balaban J connectivity index is 2.01. The maximum Gasteiger partial charge on any atom is 0.0641 e. The third kappa shape index (κ3) is 2.48. The molecule has 1 aliphatic rings. The maximum absolute atomic E-state index is 5.56. The summed E-state index contributed by atoms with van der Waals surface area (Å²) < 4.78 is 0. The number of hydrogen-bond donors (Lipinski definition) is 3. The van der Waals surface area contributed by atoms with Crippen molar-refractivity contribution >= 4 is 5.69 Å². The molecule has 3 nitrogen and oxygen atoms in total. The number of fused-ring (bicyclic) bond motifs is 2. The SMILES string of the molecule is NCNCC1Nc2ccccc2Cc2ccccc21. The van der Waals surface area contributed by atoms with Crippen molar-refractivity contribution in [1.82, 2.24) is 5.32 Å². The Morgan fingerprint density at radius 2 is 1.79 bits per heavy atom. The molecule has 2 aromatic carbocycles. The second-order valence-corrected chi connectivity index (χ2v) is 4.89. The second kappa shape index (κ2) is 5.43. The van der Waals surface area contributed by atoms with Crippen molar-refractivity contribution in [3.8, 4) is 0 Å². The predicted octanol–water partition coefficient (Wildman–Crippen LogP) is 2.25. The fourth-order valence-electron chi connectivity index (χ4n) is 2.71. The van der Waals surface area contributed by atoms with Gasteiger partial charge in [0.1, 0.15) is 0 Å². The average molecular weight is 253 g/mol. The highest BCUT2D eigenvalue weighted by molar-refractivity contribution is 5.57.